The standard InChI is InChI=1S/C20H20F3N3O/c21-20(22,23)18-17(13-6-2-1-3-7-13)27-16-9-5-4-8-15(16)19(25-18)26-11-10-14(24)12-26/h1-9,14,17-18H,10-12,24H2. The van der Waals surface area contributed by atoms with Crippen molar-refractivity contribution in [3.63, 3.8) is 0 Å². The van der Waals surface area contributed by atoms with Crippen LogP contribution in [0.1, 0.15) is 23.7 Å². The quantitative estimate of drug-likeness (QED) is 0.830. The predicted octanol–water partition coefficient (Wildman–Crippen LogP) is 3.53. The van der Waals surface area contributed by atoms with E-state index in [2.05, 4.69) is 4.99 Å². The minimum Gasteiger partial charge on any atom is -0.482 e. The number of fused-ring (bicyclic) bond motifs is 1. The average Bonchev–Trinajstić information content (AvgIpc) is 2.99. The van der Waals surface area contributed by atoms with Crippen molar-refractivity contribution in [2.45, 2.75) is 30.8 Å². The summed E-state index contributed by atoms with van der Waals surface area (Å²) in [5, 5.41) is 0. The minimum atomic E-state index is -4.55. The number of para-hydroxylation sites is 1. The number of likely N-dealkylation sites (tertiary alicyclic amines) is 1. The molecule has 2 heterocycles. The Balaban J connectivity index is 1.86. The average molecular weight is 375 g/mol. The molecule has 3 atom stereocenters. The molecule has 0 amide bonds. The summed E-state index contributed by atoms with van der Waals surface area (Å²) in [7, 11) is 0. The second kappa shape index (κ2) is 6.88. The fourth-order valence-corrected chi connectivity index (χ4v) is 3.59. The van der Waals surface area contributed by atoms with E-state index in [0.717, 1.165) is 6.42 Å². The van der Waals surface area contributed by atoms with Crippen molar-refractivity contribution in [1.82, 2.24) is 4.90 Å². The van der Waals surface area contributed by atoms with E-state index in [-0.39, 0.29) is 6.04 Å². The zero-order valence-electron chi connectivity index (χ0n) is 14.6. The summed E-state index contributed by atoms with van der Waals surface area (Å²) in [6.45, 7) is 1.06. The number of nitrogens with two attached hydrogens (primary N) is 1. The molecule has 1 fully saturated rings. The second-order valence-electron chi connectivity index (χ2n) is 6.88. The Hall–Kier alpha value is -2.54. The van der Waals surface area contributed by atoms with E-state index in [1.807, 2.05) is 4.90 Å². The normalized spacial score (nSPS) is 25.4. The zero-order chi connectivity index (χ0) is 19.0. The van der Waals surface area contributed by atoms with Gasteiger partial charge in [-0.3, -0.25) is 4.99 Å². The van der Waals surface area contributed by atoms with Crippen molar-refractivity contribution >= 4 is 5.84 Å². The van der Waals surface area contributed by atoms with E-state index < -0.39 is 18.3 Å². The fourth-order valence-electron chi connectivity index (χ4n) is 3.59. The number of amidine groups is 1. The van der Waals surface area contributed by atoms with Crippen LogP contribution >= 0.6 is 0 Å². The topological polar surface area (TPSA) is 50.8 Å². The van der Waals surface area contributed by atoms with Gasteiger partial charge in [-0.1, -0.05) is 42.5 Å². The van der Waals surface area contributed by atoms with Gasteiger partial charge in [-0.15, -0.1) is 0 Å². The molecule has 142 valence electrons. The molecule has 2 aliphatic rings. The number of ether oxygens (including phenoxy) is 1. The van der Waals surface area contributed by atoms with Crippen LogP contribution in [0.5, 0.6) is 5.75 Å². The van der Waals surface area contributed by atoms with Crippen LogP contribution in [0.2, 0.25) is 0 Å². The molecular formula is C20H20F3N3O. The molecule has 0 radical (unpaired) electrons. The van der Waals surface area contributed by atoms with E-state index in [1.54, 1.807) is 54.6 Å². The molecule has 0 aliphatic carbocycles. The third-order valence-electron chi connectivity index (χ3n) is 4.92. The maximum atomic E-state index is 14.0. The van der Waals surface area contributed by atoms with Crippen LogP contribution in [-0.2, 0) is 0 Å². The molecule has 4 rings (SSSR count). The van der Waals surface area contributed by atoms with Crippen molar-refractivity contribution in [2.24, 2.45) is 10.7 Å². The van der Waals surface area contributed by atoms with Crippen LogP contribution < -0.4 is 10.5 Å². The Bertz CT molecular complexity index is 838. The maximum absolute atomic E-state index is 14.0. The van der Waals surface area contributed by atoms with Gasteiger partial charge in [-0.25, -0.2) is 0 Å². The van der Waals surface area contributed by atoms with Crippen molar-refractivity contribution < 1.29 is 17.9 Å². The van der Waals surface area contributed by atoms with Gasteiger partial charge < -0.3 is 15.4 Å². The lowest BCUT2D eigenvalue weighted by molar-refractivity contribution is -0.165. The molecule has 2 aromatic rings. The summed E-state index contributed by atoms with van der Waals surface area (Å²) in [5.74, 6) is 0.705. The zero-order valence-corrected chi connectivity index (χ0v) is 14.6. The Morgan fingerprint density at radius 1 is 1.04 bits per heavy atom. The van der Waals surface area contributed by atoms with Gasteiger partial charge in [-0.05, 0) is 24.1 Å². The van der Waals surface area contributed by atoms with Gasteiger partial charge in [-0.2, -0.15) is 13.2 Å². The summed E-state index contributed by atoms with van der Waals surface area (Å²) >= 11 is 0. The van der Waals surface area contributed by atoms with Crippen LogP contribution in [0.15, 0.2) is 59.6 Å². The lowest BCUT2D eigenvalue weighted by atomic mass is 10.0. The third-order valence-corrected chi connectivity index (χ3v) is 4.92. The van der Waals surface area contributed by atoms with Crippen LogP contribution in [0, 0.1) is 0 Å². The van der Waals surface area contributed by atoms with Crippen LogP contribution in [0.3, 0.4) is 0 Å². The third kappa shape index (κ3) is 3.51. The second-order valence-corrected chi connectivity index (χ2v) is 6.88. The van der Waals surface area contributed by atoms with E-state index >= 15 is 0 Å². The number of hydrogen-bond donors (Lipinski definition) is 1. The molecule has 1 saturated heterocycles. The molecule has 7 heteroatoms. The smallest absolute Gasteiger partial charge is 0.414 e. The van der Waals surface area contributed by atoms with Crippen LogP contribution in [0.4, 0.5) is 13.2 Å². The molecule has 0 saturated carbocycles. The molecule has 2 aromatic carbocycles. The Labute approximate surface area is 155 Å². The number of hydrogen-bond acceptors (Lipinski definition) is 4. The van der Waals surface area contributed by atoms with Gasteiger partial charge in [0.05, 0.1) is 5.56 Å². The first-order valence-electron chi connectivity index (χ1n) is 8.89. The van der Waals surface area contributed by atoms with Gasteiger partial charge >= 0.3 is 6.18 Å². The number of nitrogens with zero attached hydrogens (tertiary/aromatic N) is 2. The molecule has 2 aliphatic heterocycles. The number of halogens is 3. The number of alkyl halides is 3. The lowest BCUT2D eigenvalue weighted by Crippen LogP contribution is -2.38. The Morgan fingerprint density at radius 2 is 1.74 bits per heavy atom. The lowest BCUT2D eigenvalue weighted by Gasteiger charge is -2.26. The summed E-state index contributed by atoms with van der Waals surface area (Å²) in [4.78, 5) is 6.03. The van der Waals surface area contributed by atoms with Crippen molar-refractivity contribution in [3.8, 4) is 5.75 Å². The fraction of sp³-hybridized carbons (Fsp3) is 0.350. The molecule has 0 aromatic heterocycles. The van der Waals surface area contributed by atoms with Gasteiger partial charge in [0.2, 0.25) is 0 Å². The summed E-state index contributed by atoms with van der Waals surface area (Å²) in [6, 6.07) is 13.3. The van der Waals surface area contributed by atoms with Gasteiger partial charge in [0, 0.05) is 19.1 Å². The first-order chi connectivity index (χ1) is 12.9. The molecule has 2 N–H and O–H groups in total. The van der Waals surface area contributed by atoms with E-state index in [9.17, 15) is 13.2 Å². The van der Waals surface area contributed by atoms with E-state index in [1.165, 1.54) is 0 Å². The Morgan fingerprint density at radius 3 is 2.41 bits per heavy atom. The molecule has 0 spiro atoms. The van der Waals surface area contributed by atoms with Crippen LogP contribution in [-0.4, -0.2) is 42.1 Å². The SMILES string of the molecule is NC1CCN(C2=NC(C(F)(F)F)C(c3ccccc3)Oc3ccccc32)C1. The van der Waals surface area contributed by atoms with Gasteiger partial charge in [0.25, 0.3) is 0 Å². The van der Waals surface area contributed by atoms with Crippen LogP contribution in [0.25, 0.3) is 0 Å². The molecule has 27 heavy (non-hydrogen) atoms. The molecule has 3 unspecified atom stereocenters. The highest BCUT2D eigenvalue weighted by atomic mass is 19.4. The number of rotatable bonds is 1. The van der Waals surface area contributed by atoms with E-state index in [0.29, 0.717) is 35.8 Å². The molecule has 0 bridgehead atoms. The highest BCUT2D eigenvalue weighted by Gasteiger charge is 2.49. The monoisotopic (exact) mass is 375 g/mol. The summed E-state index contributed by atoms with van der Waals surface area (Å²) in [5.41, 5.74) is 6.99. The largest absolute Gasteiger partial charge is 0.482 e. The highest BCUT2D eigenvalue weighted by molar-refractivity contribution is 6.01. The maximum Gasteiger partial charge on any atom is 0.414 e. The van der Waals surface area contributed by atoms with Gasteiger partial charge in [0.15, 0.2) is 12.1 Å². The predicted molar refractivity (Wildman–Crippen MR) is 96.8 cm³/mol. The van der Waals surface area contributed by atoms with Gasteiger partial charge in [0.1, 0.15) is 11.6 Å². The Kier molecular flexibility index (Phi) is 4.55. The number of aliphatic imine (C=N–C) groups is 1. The van der Waals surface area contributed by atoms with Crippen molar-refractivity contribution in [1.29, 1.82) is 0 Å². The molecular weight excluding hydrogens is 355 g/mol. The molecule has 4 nitrogen and oxygen atoms in total. The first-order valence-corrected chi connectivity index (χ1v) is 8.89. The van der Waals surface area contributed by atoms with E-state index in [4.69, 9.17) is 10.5 Å². The summed E-state index contributed by atoms with van der Waals surface area (Å²) in [6.07, 6.45) is -5.07. The van der Waals surface area contributed by atoms with Crippen molar-refractivity contribution in [3.05, 3.63) is 65.7 Å². The highest BCUT2D eigenvalue weighted by Crippen LogP contribution is 2.40. The first kappa shape index (κ1) is 17.9. The summed E-state index contributed by atoms with van der Waals surface area (Å²) < 4.78 is 47.9. The van der Waals surface area contributed by atoms with Crippen molar-refractivity contribution in [2.75, 3.05) is 13.1 Å². The minimum absolute atomic E-state index is 0.0710. The number of benzene rings is 2.